The van der Waals surface area contributed by atoms with Gasteiger partial charge in [-0.2, -0.15) is 0 Å². The molecule has 0 bridgehead atoms. The van der Waals surface area contributed by atoms with Gasteiger partial charge in [-0.1, -0.05) is 0 Å². The average Bonchev–Trinajstić information content (AvgIpc) is 2.64. The minimum Gasteiger partial charge on any atom is -0.495 e. The van der Waals surface area contributed by atoms with E-state index < -0.39 is 16.0 Å². The third kappa shape index (κ3) is 3.38. The number of carbonyl (C=O) groups excluding carboxylic acids is 1. The van der Waals surface area contributed by atoms with E-state index in [2.05, 4.69) is 9.46 Å². The van der Waals surface area contributed by atoms with Crippen molar-refractivity contribution in [3.05, 3.63) is 23.8 Å². The largest absolute Gasteiger partial charge is 0.495 e. The number of hydrogen-bond acceptors (Lipinski definition) is 6. The zero-order valence-electron chi connectivity index (χ0n) is 14.4. The van der Waals surface area contributed by atoms with Crippen LogP contribution >= 0.6 is 0 Å². The van der Waals surface area contributed by atoms with E-state index >= 15 is 0 Å². The number of sulfonamides is 1. The van der Waals surface area contributed by atoms with Crippen molar-refractivity contribution in [3.63, 3.8) is 0 Å². The summed E-state index contributed by atoms with van der Waals surface area (Å²) in [5, 5.41) is 0. The number of hydrogen-bond donors (Lipinski definition) is 1. The van der Waals surface area contributed by atoms with Gasteiger partial charge < -0.3 is 14.2 Å². The first-order chi connectivity index (χ1) is 11.9. The van der Waals surface area contributed by atoms with Crippen LogP contribution in [0.4, 0.5) is 0 Å². The SMILES string of the molecule is COC(=O)c1ccc(OC)c(S(=O)(=O)NC2CCC23CCOCC3)c1. The molecule has 0 radical (unpaired) electrons. The van der Waals surface area contributed by atoms with Gasteiger partial charge in [0.05, 0.1) is 19.8 Å². The van der Waals surface area contributed by atoms with Crippen molar-refractivity contribution in [2.45, 2.75) is 36.6 Å². The minimum atomic E-state index is -3.83. The van der Waals surface area contributed by atoms with Crippen LogP contribution in [0.3, 0.4) is 0 Å². The number of esters is 1. The van der Waals surface area contributed by atoms with Crippen molar-refractivity contribution in [1.82, 2.24) is 4.72 Å². The van der Waals surface area contributed by atoms with Gasteiger partial charge in [0.1, 0.15) is 10.6 Å². The zero-order valence-corrected chi connectivity index (χ0v) is 15.2. The van der Waals surface area contributed by atoms with Crippen LogP contribution in [0.15, 0.2) is 23.1 Å². The van der Waals surface area contributed by atoms with Gasteiger partial charge in [0, 0.05) is 19.3 Å². The monoisotopic (exact) mass is 369 g/mol. The molecule has 1 aliphatic heterocycles. The first-order valence-electron chi connectivity index (χ1n) is 8.28. The van der Waals surface area contributed by atoms with Gasteiger partial charge in [-0.25, -0.2) is 17.9 Å². The van der Waals surface area contributed by atoms with Gasteiger partial charge in [-0.3, -0.25) is 0 Å². The lowest BCUT2D eigenvalue weighted by Crippen LogP contribution is -2.57. The normalized spacial score (nSPS) is 22.2. The van der Waals surface area contributed by atoms with E-state index in [0.29, 0.717) is 13.2 Å². The molecular weight excluding hydrogens is 346 g/mol. The van der Waals surface area contributed by atoms with Crippen LogP contribution in [0.25, 0.3) is 0 Å². The van der Waals surface area contributed by atoms with Crippen LogP contribution in [0, 0.1) is 5.41 Å². The first kappa shape index (κ1) is 18.2. The van der Waals surface area contributed by atoms with Crippen LogP contribution in [0.1, 0.15) is 36.0 Å². The molecule has 1 heterocycles. The average molecular weight is 369 g/mol. The lowest BCUT2D eigenvalue weighted by molar-refractivity contribution is -0.0483. The second-order valence-corrected chi connectivity index (χ2v) is 8.23. The smallest absolute Gasteiger partial charge is 0.337 e. The molecule has 1 spiro atoms. The first-order valence-corrected chi connectivity index (χ1v) is 9.77. The van der Waals surface area contributed by atoms with Crippen LogP contribution in [0.2, 0.25) is 0 Å². The van der Waals surface area contributed by atoms with Gasteiger partial charge in [-0.05, 0) is 49.3 Å². The summed E-state index contributed by atoms with van der Waals surface area (Å²) in [6, 6.07) is 4.12. The fraction of sp³-hybridized carbons (Fsp3) is 0.588. The fourth-order valence-corrected chi connectivity index (χ4v) is 5.21. The van der Waals surface area contributed by atoms with Crippen molar-refractivity contribution in [1.29, 1.82) is 0 Å². The highest BCUT2D eigenvalue weighted by atomic mass is 32.2. The van der Waals surface area contributed by atoms with Gasteiger partial charge in [0.2, 0.25) is 10.0 Å². The molecule has 1 aromatic carbocycles. The molecule has 8 heteroatoms. The molecule has 25 heavy (non-hydrogen) atoms. The predicted molar refractivity (Wildman–Crippen MR) is 90.2 cm³/mol. The Bertz CT molecular complexity index is 754. The Balaban J connectivity index is 1.87. The van der Waals surface area contributed by atoms with E-state index in [1.807, 2.05) is 0 Å². The van der Waals surface area contributed by atoms with Crippen molar-refractivity contribution >= 4 is 16.0 Å². The topological polar surface area (TPSA) is 90.9 Å². The molecule has 2 aliphatic rings. The maximum absolute atomic E-state index is 12.9. The second kappa shape index (κ2) is 6.93. The van der Waals surface area contributed by atoms with Gasteiger partial charge in [-0.15, -0.1) is 0 Å². The third-order valence-electron chi connectivity index (χ3n) is 5.33. The van der Waals surface area contributed by atoms with Crippen molar-refractivity contribution in [2.24, 2.45) is 5.41 Å². The molecule has 2 fully saturated rings. The Morgan fingerprint density at radius 2 is 1.96 bits per heavy atom. The summed E-state index contributed by atoms with van der Waals surface area (Å²) in [6.07, 6.45) is 3.53. The Morgan fingerprint density at radius 1 is 1.24 bits per heavy atom. The van der Waals surface area contributed by atoms with Crippen molar-refractivity contribution < 1.29 is 27.4 Å². The van der Waals surface area contributed by atoms with E-state index in [-0.39, 0.29) is 27.7 Å². The molecule has 0 amide bonds. The van der Waals surface area contributed by atoms with Gasteiger partial charge in [0.25, 0.3) is 0 Å². The van der Waals surface area contributed by atoms with Crippen LogP contribution in [-0.2, 0) is 19.5 Å². The van der Waals surface area contributed by atoms with E-state index in [4.69, 9.17) is 9.47 Å². The molecule has 1 saturated heterocycles. The molecule has 1 atom stereocenters. The molecule has 1 N–H and O–H groups in total. The maximum atomic E-state index is 12.9. The van der Waals surface area contributed by atoms with E-state index in [1.165, 1.54) is 32.4 Å². The highest BCUT2D eigenvalue weighted by Gasteiger charge is 2.49. The quantitative estimate of drug-likeness (QED) is 0.795. The number of carbonyl (C=O) groups is 1. The van der Waals surface area contributed by atoms with Gasteiger partial charge >= 0.3 is 5.97 Å². The van der Waals surface area contributed by atoms with E-state index in [9.17, 15) is 13.2 Å². The molecule has 0 aromatic heterocycles. The summed E-state index contributed by atoms with van der Waals surface area (Å²) in [4.78, 5) is 11.7. The second-order valence-electron chi connectivity index (χ2n) is 6.54. The van der Waals surface area contributed by atoms with Crippen LogP contribution < -0.4 is 9.46 Å². The molecular formula is C17H23NO6S. The highest BCUT2D eigenvalue weighted by molar-refractivity contribution is 7.89. The summed E-state index contributed by atoms with van der Waals surface area (Å²) < 4.78 is 43.9. The Morgan fingerprint density at radius 3 is 2.52 bits per heavy atom. The van der Waals surface area contributed by atoms with Crippen molar-refractivity contribution in [3.8, 4) is 5.75 Å². The summed E-state index contributed by atoms with van der Waals surface area (Å²) in [5.41, 5.74) is 0.150. The molecule has 3 rings (SSSR count). The number of rotatable bonds is 5. The number of benzene rings is 1. The summed E-state index contributed by atoms with van der Waals surface area (Å²) in [7, 11) is -1.18. The van der Waals surface area contributed by atoms with Gasteiger partial charge in [0.15, 0.2) is 0 Å². The third-order valence-corrected chi connectivity index (χ3v) is 6.82. The summed E-state index contributed by atoms with van der Waals surface area (Å²) in [6.45, 7) is 1.33. The molecule has 138 valence electrons. The number of nitrogens with one attached hydrogen (secondary N) is 1. The van der Waals surface area contributed by atoms with E-state index in [0.717, 1.165) is 25.7 Å². The minimum absolute atomic E-state index is 0.0154. The van der Waals surface area contributed by atoms with Crippen LogP contribution in [-0.4, -0.2) is 47.9 Å². The lowest BCUT2D eigenvalue weighted by Gasteiger charge is -2.51. The number of ether oxygens (including phenoxy) is 3. The Labute approximate surface area is 147 Å². The highest BCUT2D eigenvalue weighted by Crippen LogP contribution is 2.49. The van der Waals surface area contributed by atoms with Crippen LogP contribution in [0.5, 0.6) is 5.75 Å². The number of methoxy groups -OCH3 is 2. The molecule has 1 aromatic rings. The standard InChI is InChI=1S/C17H23NO6S/c1-22-13-4-3-12(16(19)23-2)11-14(13)25(20,21)18-15-5-6-17(15)7-9-24-10-8-17/h3-4,11,15,18H,5-10H2,1-2H3. The molecule has 1 saturated carbocycles. The van der Waals surface area contributed by atoms with E-state index in [1.54, 1.807) is 0 Å². The summed E-state index contributed by atoms with van der Waals surface area (Å²) >= 11 is 0. The molecule has 1 aliphatic carbocycles. The van der Waals surface area contributed by atoms with Crippen molar-refractivity contribution in [2.75, 3.05) is 27.4 Å². The maximum Gasteiger partial charge on any atom is 0.337 e. The molecule has 7 nitrogen and oxygen atoms in total. The Kier molecular flexibility index (Phi) is 5.04. The fourth-order valence-electron chi connectivity index (χ4n) is 3.64. The molecule has 1 unspecified atom stereocenters. The lowest BCUT2D eigenvalue weighted by atomic mass is 9.60. The zero-order chi connectivity index (χ0) is 18.1. The Hall–Kier alpha value is -1.64. The predicted octanol–water partition coefficient (Wildman–Crippen LogP) is 1.72. The summed E-state index contributed by atoms with van der Waals surface area (Å²) in [5.74, 6) is -0.399.